The third-order valence-electron chi connectivity index (χ3n) is 6.57. The van der Waals surface area contributed by atoms with Crippen LogP contribution >= 0.6 is 0 Å². The summed E-state index contributed by atoms with van der Waals surface area (Å²) in [5.41, 5.74) is 5.03. The molecule has 0 spiro atoms. The van der Waals surface area contributed by atoms with Gasteiger partial charge in [0, 0.05) is 18.1 Å². The summed E-state index contributed by atoms with van der Waals surface area (Å²) >= 11 is 0. The second-order valence-electron chi connectivity index (χ2n) is 8.97. The van der Waals surface area contributed by atoms with Crippen molar-refractivity contribution in [3.63, 3.8) is 0 Å². The van der Waals surface area contributed by atoms with Gasteiger partial charge in [-0.05, 0) is 85.5 Å². The number of carbonyl (C=O) groups excluding carboxylic acids is 1. The normalized spacial score (nSPS) is 16.9. The molecule has 5 heteroatoms. The number of hydrogen-bond acceptors (Lipinski definition) is 4. The molecule has 0 unspecified atom stereocenters. The van der Waals surface area contributed by atoms with E-state index in [4.69, 9.17) is 4.74 Å². The molecular weight excluding hydrogens is 412 g/mol. The number of nitrogens with zero attached hydrogens (tertiary/aromatic N) is 2. The Balaban J connectivity index is 1.20. The van der Waals surface area contributed by atoms with Gasteiger partial charge in [-0.1, -0.05) is 54.6 Å². The van der Waals surface area contributed by atoms with E-state index in [2.05, 4.69) is 52.6 Å². The van der Waals surface area contributed by atoms with E-state index in [1.807, 2.05) is 24.3 Å². The predicted molar refractivity (Wildman–Crippen MR) is 131 cm³/mol. The maximum absolute atomic E-state index is 11.0. The molecule has 1 heterocycles. The van der Waals surface area contributed by atoms with Crippen molar-refractivity contribution < 1.29 is 9.53 Å². The molecule has 0 bridgehead atoms. The number of amides is 1. The highest BCUT2D eigenvalue weighted by molar-refractivity contribution is 5.76. The molecule has 172 valence electrons. The number of hydrogen-bond donors (Lipinski definition) is 0. The Morgan fingerprint density at radius 1 is 0.939 bits per heavy atom. The smallest absolute Gasteiger partial charge is 0.286 e. The number of nitroso groups, excluding NO2 is 1. The number of likely N-dealkylation sites (tertiary alicyclic amines) is 1. The number of aryl methyl sites for hydroxylation is 1. The lowest BCUT2D eigenvalue weighted by Gasteiger charge is -2.33. The molecule has 33 heavy (non-hydrogen) atoms. The van der Waals surface area contributed by atoms with E-state index >= 15 is 0 Å². The lowest BCUT2D eigenvalue weighted by atomic mass is 9.86. The summed E-state index contributed by atoms with van der Waals surface area (Å²) < 4.78 is 5.90. The topological polar surface area (TPSA) is 59.0 Å². The summed E-state index contributed by atoms with van der Waals surface area (Å²) in [5, 5.41) is 2.42. The summed E-state index contributed by atoms with van der Waals surface area (Å²) in [6.07, 6.45) is 12.7. The first-order chi connectivity index (χ1) is 16.2. The average molecular weight is 445 g/mol. The standard InChI is InChI=1S/C28H32N2O3/c31-28(29-32)15-12-22-10-13-27(14-11-22)33-21-24-8-6-23(7-9-24)20-30-18-16-26(17-19-30)25-4-2-1-3-5-25/h2,4-11,13-14,26H,1,3,12,15-21H2. The molecule has 5 nitrogen and oxygen atoms in total. The quantitative estimate of drug-likeness (QED) is 0.447. The SMILES string of the molecule is O=NC(=O)CCc1ccc(OCc2ccc(CN3CCC(C4=CCCC=C4)CC3)cc2)cc1. The number of benzene rings is 2. The van der Waals surface area contributed by atoms with Crippen LogP contribution in [0.5, 0.6) is 5.75 Å². The largest absolute Gasteiger partial charge is 0.489 e. The predicted octanol–water partition coefficient (Wildman–Crippen LogP) is 5.98. The molecule has 0 saturated carbocycles. The highest BCUT2D eigenvalue weighted by Gasteiger charge is 2.21. The van der Waals surface area contributed by atoms with Crippen LogP contribution in [-0.2, 0) is 24.4 Å². The lowest BCUT2D eigenvalue weighted by molar-refractivity contribution is -0.117. The number of carbonyl (C=O) groups is 1. The molecule has 1 amide bonds. The second-order valence-corrected chi connectivity index (χ2v) is 8.97. The maximum atomic E-state index is 11.0. The molecule has 0 aromatic heterocycles. The fourth-order valence-corrected chi connectivity index (χ4v) is 4.58. The zero-order valence-electron chi connectivity index (χ0n) is 19.1. The van der Waals surface area contributed by atoms with Crippen molar-refractivity contribution in [1.29, 1.82) is 0 Å². The van der Waals surface area contributed by atoms with E-state index in [0.29, 0.717) is 13.0 Å². The minimum Gasteiger partial charge on any atom is -0.489 e. The van der Waals surface area contributed by atoms with Crippen molar-refractivity contribution >= 4 is 5.91 Å². The van der Waals surface area contributed by atoms with E-state index in [1.165, 1.54) is 31.2 Å². The maximum Gasteiger partial charge on any atom is 0.286 e. The minimum absolute atomic E-state index is 0.142. The minimum atomic E-state index is -0.613. The van der Waals surface area contributed by atoms with Crippen LogP contribution in [-0.4, -0.2) is 23.9 Å². The van der Waals surface area contributed by atoms with Crippen molar-refractivity contribution in [2.75, 3.05) is 13.1 Å². The van der Waals surface area contributed by atoms with Gasteiger partial charge in [-0.2, -0.15) is 0 Å². The molecule has 1 aliphatic carbocycles. The van der Waals surface area contributed by atoms with Gasteiger partial charge >= 0.3 is 0 Å². The van der Waals surface area contributed by atoms with Gasteiger partial charge in [-0.15, -0.1) is 4.91 Å². The van der Waals surface area contributed by atoms with Crippen LogP contribution in [0.4, 0.5) is 0 Å². The van der Waals surface area contributed by atoms with E-state index < -0.39 is 5.91 Å². The number of allylic oxidation sites excluding steroid dienone is 4. The highest BCUT2D eigenvalue weighted by atomic mass is 16.5. The summed E-state index contributed by atoms with van der Waals surface area (Å²) in [6.45, 7) is 3.85. The summed E-state index contributed by atoms with van der Waals surface area (Å²) in [6, 6.07) is 16.3. The van der Waals surface area contributed by atoms with Crippen LogP contribution in [0, 0.1) is 10.8 Å². The Kier molecular flexibility index (Phi) is 8.20. The third kappa shape index (κ3) is 6.96. The average Bonchev–Trinajstić information content (AvgIpc) is 2.88. The summed E-state index contributed by atoms with van der Waals surface area (Å²) in [5.74, 6) is 0.911. The molecule has 0 atom stereocenters. The highest BCUT2D eigenvalue weighted by Crippen LogP contribution is 2.28. The fourth-order valence-electron chi connectivity index (χ4n) is 4.58. The fraction of sp³-hybridized carbons (Fsp3) is 0.393. The van der Waals surface area contributed by atoms with Crippen molar-refractivity contribution in [3.05, 3.63) is 93.9 Å². The van der Waals surface area contributed by atoms with E-state index in [0.717, 1.165) is 42.4 Å². The zero-order chi connectivity index (χ0) is 22.9. The molecule has 2 aliphatic rings. The van der Waals surface area contributed by atoms with Crippen LogP contribution in [0.2, 0.25) is 0 Å². The van der Waals surface area contributed by atoms with Crippen LogP contribution in [0.15, 0.2) is 77.5 Å². The summed E-state index contributed by atoms with van der Waals surface area (Å²) in [7, 11) is 0. The first-order valence-electron chi connectivity index (χ1n) is 11.9. The van der Waals surface area contributed by atoms with Crippen LogP contribution in [0.1, 0.15) is 48.8 Å². The van der Waals surface area contributed by atoms with Gasteiger partial charge in [0.15, 0.2) is 0 Å². The van der Waals surface area contributed by atoms with Gasteiger partial charge in [0.2, 0.25) is 0 Å². The molecule has 1 aliphatic heterocycles. The Morgan fingerprint density at radius 2 is 1.64 bits per heavy atom. The third-order valence-corrected chi connectivity index (χ3v) is 6.57. The molecule has 4 rings (SSSR count). The van der Waals surface area contributed by atoms with E-state index in [-0.39, 0.29) is 6.42 Å². The van der Waals surface area contributed by atoms with Crippen molar-refractivity contribution in [1.82, 2.24) is 4.90 Å². The molecule has 2 aromatic carbocycles. The lowest BCUT2D eigenvalue weighted by Crippen LogP contribution is -2.33. The van der Waals surface area contributed by atoms with Gasteiger partial charge in [0.25, 0.3) is 5.91 Å². The number of piperidine rings is 1. The van der Waals surface area contributed by atoms with Crippen LogP contribution in [0.25, 0.3) is 0 Å². The van der Waals surface area contributed by atoms with Gasteiger partial charge in [0.1, 0.15) is 12.4 Å². The summed E-state index contributed by atoms with van der Waals surface area (Å²) in [4.78, 5) is 23.7. The van der Waals surface area contributed by atoms with Crippen LogP contribution < -0.4 is 4.74 Å². The first-order valence-corrected chi connectivity index (χ1v) is 11.9. The van der Waals surface area contributed by atoms with Gasteiger partial charge in [-0.25, -0.2) is 0 Å². The molecule has 0 radical (unpaired) electrons. The zero-order valence-corrected chi connectivity index (χ0v) is 19.1. The Hall–Kier alpha value is -3.05. The first kappa shape index (κ1) is 23.1. The van der Waals surface area contributed by atoms with Crippen LogP contribution in [0.3, 0.4) is 0 Å². The molecule has 1 fully saturated rings. The molecule has 1 saturated heterocycles. The van der Waals surface area contributed by atoms with E-state index in [1.54, 1.807) is 5.57 Å². The van der Waals surface area contributed by atoms with Gasteiger partial charge in [0.05, 0.1) is 0 Å². The Bertz CT molecular complexity index is 985. The molecule has 2 aromatic rings. The Labute approximate surface area is 196 Å². The van der Waals surface area contributed by atoms with Crippen molar-refractivity contribution in [3.8, 4) is 5.75 Å². The van der Waals surface area contributed by atoms with Gasteiger partial charge < -0.3 is 4.74 Å². The van der Waals surface area contributed by atoms with Crippen molar-refractivity contribution in [2.24, 2.45) is 11.1 Å². The molecule has 0 N–H and O–H groups in total. The van der Waals surface area contributed by atoms with E-state index in [9.17, 15) is 9.70 Å². The number of ether oxygens (including phenoxy) is 1. The monoisotopic (exact) mass is 444 g/mol. The Morgan fingerprint density at radius 3 is 2.30 bits per heavy atom. The van der Waals surface area contributed by atoms with Gasteiger partial charge in [-0.3, -0.25) is 9.69 Å². The molecular formula is C28H32N2O3. The number of rotatable bonds is 9. The second kappa shape index (κ2) is 11.7. The van der Waals surface area contributed by atoms with Crippen molar-refractivity contribution in [2.45, 2.75) is 51.7 Å².